The third-order valence-electron chi connectivity index (χ3n) is 5.44. The minimum Gasteiger partial charge on any atom is -0.379 e. The van der Waals surface area contributed by atoms with Crippen molar-refractivity contribution in [1.29, 1.82) is 0 Å². The Morgan fingerprint density at radius 2 is 2.11 bits per heavy atom. The molecular formula is C20H26N4O3. The van der Waals surface area contributed by atoms with Gasteiger partial charge >= 0.3 is 0 Å². The number of nitrogens with zero attached hydrogens (tertiary/aromatic N) is 4. The number of fused-ring (bicyclic) bond motifs is 1. The smallest absolute Gasteiger partial charge is 0.244 e. The molecule has 1 saturated heterocycles. The van der Waals surface area contributed by atoms with Crippen molar-refractivity contribution >= 4 is 5.91 Å². The third kappa shape index (κ3) is 3.89. The van der Waals surface area contributed by atoms with Crippen molar-refractivity contribution < 1.29 is 14.1 Å². The topological polar surface area (TPSA) is 71.7 Å². The van der Waals surface area contributed by atoms with Gasteiger partial charge in [-0.2, -0.15) is 0 Å². The Bertz CT molecular complexity index is 771. The summed E-state index contributed by atoms with van der Waals surface area (Å²) < 4.78 is 11.0. The van der Waals surface area contributed by atoms with Gasteiger partial charge in [-0.15, -0.1) is 0 Å². The van der Waals surface area contributed by atoms with E-state index < -0.39 is 0 Å². The van der Waals surface area contributed by atoms with Crippen LogP contribution in [0.1, 0.15) is 41.5 Å². The number of hydrogen-bond donors (Lipinski definition) is 0. The molecule has 0 aromatic carbocycles. The second-order valence-corrected chi connectivity index (χ2v) is 7.27. The van der Waals surface area contributed by atoms with Gasteiger partial charge in [0.1, 0.15) is 17.5 Å². The summed E-state index contributed by atoms with van der Waals surface area (Å²) in [6, 6.07) is 3.50. The number of carbonyl (C=O) groups excluding carboxylic acids is 1. The van der Waals surface area contributed by atoms with Crippen molar-refractivity contribution in [3.05, 3.63) is 47.1 Å². The number of morpholine rings is 1. The summed E-state index contributed by atoms with van der Waals surface area (Å²) in [7, 11) is 1.84. The molecule has 27 heavy (non-hydrogen) atoms. The molecule has 7 heteroatoms. The molecule has 0 unspecified atom stereocenters. The fourth-order valence-electron chi connectivity index (χ4n) is 3.97. The lowest BCUT2D eigenvalue weighted by Crippen LogP contribution is -2.46. The molecule has 1 atom stereocenters. The Labute approximate surface area is 159 Å². The van der Waals surface area contributed by atoms with Crippen LogP contribution in [-0.2, 0) is 28.9 Å². The average molecular weight is 370 g/mol. The molecule has 2 aromatic rings. The van der Waals surface area contributed by atoms with Crippen LogP contribution in [0.15, 0.2) is 29.0 Å². The predicted octanol–water partition coefficient (Wildman–Crippen LogP) is 1.98. The number of carbonyl (C=O) groups is 1. The van der Waals surface area contributed by atoms with E-state index in [0.29, 0.717) is 19.8 Å². The highest BCUT2D eigenvalue weighted by Crippen LogP contribution is 2.27. The van der Waals surface area contributed by atoms with E-state index in [4.69, 9.17) is 9.26 Å². The summed E-state index contributed by atoms with van der Waals surface area (Å²) in [6.45, 7) is 3.23. The van der Waals surface area contributed by atoms with Gasteiger partial charge in [-0.25, -0.2) is 0 Å². The minimum absolute atomic E-state index is 0.0532. The van der Waals surface area contributed by atoms with Crippen molar-refractivity contribution in [2.24, 2.45) is 0 Å². The zero-order valence-electron chi connectivity index (χ0n) is 15.8. The van der Waals surface area contributed by atoms with Crippen LogP contribution in [-0.4, -0.2) is 59.2 Å². The van der Waals surface area contributed by atoms with Crippen LogP contribution in [0.25, 0.3) is 0 Å². The van der Waals surface area contributed by atoms with Gasteiger partial charge < -0.3 is 14.2 Å². The molecule has 0 saturated carbocycles. The Morgan fingerprint density at radius 1 is 1.30 bits per heavy atom. The predicted molar refractivity (Wildman–Crippen MR) is 99.0 cm³/mol. The maximum Gasteiger partial charge on any atom is 0.244 e. The number of amides is 1. The number of aromatic nitrogens is 2. The highest BCUT2D eigenvalue weighted by Gasteiger charge is 2.32. The number of likely N-dealkylation sites (N-methyl/N-ethyl adjacent to an activating group) is 1. The number of ether oxygens (including phenoxy) is 1. The van der Waals surface area contributed by atoms with E-state index in [2.05, 4.69) is 15.0 Å². The first-order valence-corrected chi connectivity index (χ1v) is 9.67. The Balaban J connectivity index is 1.54. The zero-order valence-corrected chi connectivity index (χ0v) is 15.8. The normalized spacial score (nSPS) is 18.7. The number of aryl methyl sites for hydroxylation is 1. The number of rotatable bonds is 5. The van der Waals surface area contributed by atoms with Crippen LogP contribution in [0, 0.1) is 0 Å². The lowest BCUT2D eigenvalue weighted by atomic mass is 9.96. The molecule has 7 nitrogen and oxygen atoms in total. The Hall–Kier alpha value is -2.25. The summed E-state index contributed by atoms with van der Waals surface area (Å²) in [6.07, 6.45) is 7.76. The summed E-state index contributed by atoms with van der Waals surface area (Å²) in [4.78, 5) is 21.6. The molecule has 0 N–H and O–H groups in total. The SMILES string of the molecule is CN(Cc1noc2c1CCCC2)C(=O)[C@@H](c1cccnc1)N1CCOCC1. The van der Waals surface area contributed by atoms with E-state index in [1.165, 1.54) is 5.56 Å². The average Bonchev–Trinajstić information content (AvgIpc) is 3.13. The molecule has 3 heterocycles. The van der Waals surface area contributed by atoms with E-state index >= 15 is 0 Å². The van der Waals surface area contributed by atoms with E-state index in [-0.39, 0.29) is 11.9 Å². The third-order valence-corrected chi connectivity index (χ3v) is 5.44. The minimum atomic E-state index is -0.352. The largest absolute Gasteiger partial charge is 0.379 e. The molecule has 2 aliphatic rings. The van der Waals surface area contributed by atoms with Gasteiger partial charge in [0.2, 0.25) is 5.91 Å². The fourth-order valence-corrected chi connectivity index (χ4v) is 3.97. The van der Waals surface area contributed by atoms with Crippen LogP contribution in [0.4, 0.5) is 0 Å². The quantitative estimate of drug-likeness (QED) is 0.801. The van der Waals surface area contributed by atoms with Crippen molar-refractivity contribution in [3.63, 3.8) is 0 Å². The Morgan fingerprint density at radius 3 is 2.89 bits per heavy atom. The first-order chi connectivity index (χ1) is 13.2. The first kappa shape index (κ1) is 18.1. The second-order valence-electron chi connectivity index (χ2n) is 7.27. The summed E-state index contributed by atoms with van der Waals surface area (Å²) in [5.74, 6) is 1.05. The molecule has 4 rings (SSSR count). The van der Waals surface area contributed by atoms with E-state index in [0.717, 1.165) is 55.8 Å². The molecule has 0 spiro atoms. The molecule has 0 bridgehead atoms. The first-order valence-electron chi connectivity index (χ1n) is 9.67. The Kier molecular flexibility index (Phi) is 5.50. The standard InChI is InChI=1S/C20H26N4O3/c1-23(14-17-16-6-2-3-7-18(16)27-22-17)20(25)19(15-5-4-8-21-13-15)24-9-11-26-12-10-24/h4-5,8,13,19H,2-3,6-7,9-12,14H2,1H3/t19-/m1/s1. The highest BCUT2D eigenvalue weighted by molar-refractivity contribution is 5.83. The molecule has 1 aliphatic heterocycles. The molecule has 1 fully saturated rings. The van der Waals surface area contributed by atoms with Gasteiger partial charge in [0.05, 0.1) is 19.8 Å². The summed E-state index contributed by atoms with van der Waals surface area (Å²) in [5.41, 5.74) is 3.01. The summed E-state index contributed by atoms with van der Waals surface area (Å²) in [5, 5.41) is 4.25. The van der Waals surface area contributed by atoms with Crippen molar-refractivity contribution in [1.82, 2.24) is 19.9 Å². The van der Waals surface area contributed by atoms with E-state index in [1.54, 1.807) is 17.3 Å². The lowest BCUT2D eigenvalue weighted by molar-refractivity contribution is -0.138. The molecule has 0 radical (unpaired) electrons. The van der Waals surface area contributed by atoms with Crippen molar-refractivity contribution in [2.45, 2.75) is 38.3 Å². The van der Waals surface area contributed by atoms with Crippen molar-refractivity contribution in [3.8, 4) is 0 Å². The number of pyridine rings is 1. The molecule has 144 valence electrons. The van der Waals surface area contributed by atoms with Gasteiger partial charge in [-0.3, -0.25) is 14.7 Å². The van der Waals surface area contributed by atoms with Gasteiger partial charge in [0, 0.05) is 44.5 Å². The van der Waals surface area contributed by atoms with Gasteiger partial charge in [-0.05, 0) is 30.9 Å². The maximum absolute atomic E-state index is 13.4. The van der Waals surface area contributed by atoms with Crippen LogP contribution in [0.2, 0.25) is 0 Å². The lowest BCUT2D eigenvalue weighted by Gasteiger charge is -2.35. The molecule has 2 aromatic heterocycles. The number of hydrogen-bond acceptors (Lipinski definition) is 6. The van der Waals surface area contributed by atoms with Gasteiger partial charge in [0.15, 0.2) is 0 Å². The maximum atomic E-state index is 13.4. The van der Waals surface area contributed by atoms with Crippen LogP contribution < -0.4 is 0 Å². The second kappa shape index (κ2) is 8.19. The fraction of sp³-hybridized carbons (Fsp3) is 0.550. The van der Waals surface area contributed by atoms with Gasteiger partial charge in [-0.1, -0.05) is 11.2 Å². The monoisotopic (exact) mass is 370 g/mol. The van der Waals surface area contributed by atoms with Crippen LogP contribution in [0.3, 0.4) is 0 Å². The van der Waals surface area contributed by atoms with Crippen LogP contribution >= 0.6 is 0 Å². The highest BCUT2D eigenvalue weighted by atomic mass is 16.5. The van der Waals surface area contributed by atoms with E-state index in [9.17, 15) is 4.79 Å². The molecular weight excluding hydrogens is 344 g/mol. The van der Waals surface area contributed by atoms with Gasteiger partial charge in [0.25, 0.3) is 0 Å². The van der Waals surface area contributed by atoms with Crippen LogP contribution in [0.5, 0.6) is 0 Å². The summed E-state index contributed by atoms with van der Waals surface area (Å²) >= 11 is 0. The zero-order chi connectivity index (χ0) is 18.6. The molecule has 1 amide bonds. The van der Waals surface area contributed by atoms with E-state index in [1.807, 2.05) is 19.2 Å². The molecule has 1 aliphatic carbocycles. The van der Waals surface area contributed by atoms with Crippen molar-refractivity contribution in [2.75, 3.05) is 33.4 Å².